The van der Waals surface area contributed by atoms with Crippen LogP contribution in [0.25, 0.3) is 22.2 Å². The first-order valence-corrected chi connectivity index (χ1v) is 12.9. The van der Waals surface area contributed by atoms with Crippen LogP contribution in [0.15, 0.2) is 62.9 Å². The van der Waals surface area contributed by atoms with Gasteiger partial charge in [0.2, 0.25) is 22.2 Å². The monoisotopic (exact) mass is 561 g/mol. The van der Waals surface area contributed by atoms with Gasteiger partial charge >= 0.3 is 11.3 Å². The Hall–Kier alpha value is -4.37. The Morgan fingerprint density at radius 3 is 2.54 bits per heavy atom. The fourth-order valence-corrected chi connectivity index (χ4v) is 5.21. The zero-order valence-corrected chi connectivity index (χ0v) is 20.8. The first-order chi connectivity index (χ1) is 18.3. The first kappa shape index (κ1) is 26.2. The van der Waals surface area contributed by atoms with E-state index in [1.165, 1.54) is 25.1 Å². The minimum Gasteiger partial charge on any atom is -0.586 e. The number of halogens is 3. The molecule has 2 unspecified atom stereocenters. The largest absolute Gasteiger partial charge is 0.586 e. The highest BCUT2D eigenvalue weighted by atomic mass is 32.3. The van der Waals surface area contributed by atoms with Crippen molar-refractivity contribution >= 4 is 38.8 Å². The Balaban J connectivity index is 1.46. The number of hydrogen-bond donors (Lipinski definition) is 2. The number of sulfonamides is 1. The lowest BCUT2D eigenvalue weighted by molar-refractivity contribution is -0.138. The van der Waals surface area contributed by atoms with E-state index in [9.17, 15) is 36.3 Å². The maximum atomic E-state index is 13.3. The van der Waals surface area contributed by atoms with E-state index in [0.717, 1.165) is 34.9 Å². The number of para-hydroxylation sites is 1. The van der Waals surface area contributed by atoms with Gasteiger partial charge < -0.3 is 9.08 Å². The van der Waals surface area contributed by atoms with Crippen LogP contribution in [0.3, 0.4) is 0 Å². The van der Waals surface area contributed by atoms with Crippen molar-refractivity contribution in [3.63, 3.8) is 0 Å². The Morgan fingerprint density at radius 2 is 1.87 bits per heavy atom. The molecule has 2 atom stereocenters. The number of aromatic nitrogens is 3. The minimum atomic E-state index is -4.53. The molecular weight excluding hydrogens is 543 g/mol. The summed E-state index contributed by atoms with van der Waals surface area (Å²) >= 11 is 0. The van der Waals surface area contributed by atoms with E-state index in [2.05, 4.69) is 20.2 Å². The number of amides is 2. The number of hydrogen-bond acceptors (Lipinski definition) is 8. The SMILES string of the molecule is Cc1nc2c(N[S+](=O)([O-])c3cc(-c4ccc(C(F)(F)F)cc4)no3)cccc2c(=O)n1C1CCC(=O)NC1=O. The normalized spacial score (nSPS) is 17.6. The number of fused-ring (bicyclic) bond motifs is 1. The van der Waals surface area contributed by atoms with E-state index in [1.807, 2.05) is 0 Å². The highest BCUT2D eigenvalue weighted by Crippen LogP contribution is 2.32. The van der Waals surface area contributed by atoms with Gasteiger partial charge in [0.25, 0.3) is 5.56 Å². The van der Waals surface area contributed by atoms with Gasteiger partial charge in [-0.3, -0.25) is 24.3 Å². The molecule has 0 radical (unpaired) electrons. The van der Waals surface area contributed by atoms with Gasteiger partial charge in [0.1, 0.15) is 28.8 Å². The predicted molar refractivity (Wildman–Crippen MR) is 130 cm³/mol. The van der Waals surface area contributed by atoms with Gasteiger partial charge in [-0.05, 0) is 37.6 Å². The Morgan fingerprint density at radius 1 is 1.15 bits per heavy atom. The summed E-state index contributed by atoms with van der Waals surface area (Å²) in [6.07, 6.45) is -4.37. The highest BCUT2D eigenvalue weighted by molar-refractivity contribution is 7.98. The summed E-state index contributed by atoms with van der Waals surface area (Å²) < 4.78 is 73.0. The summed E-state index contributed by atoms with van der Waals surface area (Å²) in [5, 5.41) is 5.24. The van der Waals surface area contributed by atoms with E-state index < -0.39 is 50.6 Å². The molecule has 15 heteroatoms. The van der Waals surface area contributed by atoms with Crippen molar-refractivity contribution in [1.29, 1.82) is 0 Å². The van der Waals surface area contributed by atoms with Crippen LogP contribution in [-0.2, 0) is 30.4 Å². The number of rotatable bonds is 5. The summed E-state index contributed by atoms with van der Waals surface area (Å²) in [6.45, 7) is 1.47. The van der Waals surface area contributed by atoms with Gasteiger partial charge in [0.15, 0.2) is 0 Å². The van der Waals surface area contributed by atoms with Crippen molar-refractivity contribution in [2.75, 3.05) is 4.72 Å². The van der Waals surface area contributed by atoms with Crippen LogP contribution in [0.2, 0.25) is 0 Å². The summed E-state index contributed by atoms with van der Waals surface area (Å²) in [6, 6.07) is 8.24. The lowest BCUT2D eigenvalue weighted by atomic mass is 10.1. The molecule has 0 saturated carbocycles. The number of aryl methyl sites for hydroxylation is 1. The molecule has 1 aliphatic heterocycles. The molecule has 0 aliphatic carbocycles. The Bertz CT molecular complexity index is 1730. The predicted octanol–water partition coefficient (Wildman–Crippen LogP) is 3.37. The lowest BCUT2D eigenvalue weighted by Gasteiger charge is -2.24. The molecule has 5 rings (SSSR count). The molecule has 0 spiro atoms. The van der Waals surface area contributed by atoms with Crippen LogP contribution in [0.4, 0.5) is 18.9 Å². The smallest absolute Gasteiger partial charge is 0.416 e. The maximum absolute atomic E-state index is 13.3. The van der Waals surface area contributed by atoms with Crippen molar-refractivity contribution in [3.8, 4) is 11.3 Å². The number of nitrogens with zero attached hydrogens (tertiary/aromatic N) is 3. The molecule has 1 aliphatic rings. The number of carbonyl (C=O) groups excluding carboxylic acids is 2. The molecule has 202 valence electrons. The average molecular weight is 561 g/mol. The molecule has 2 aromatic carbocycles. The quantitative estimate of drug-likeness (QED) is 0.277. The molecule has 3 heterocycles. The highest BCUT2D eigenvalue weighted by Gasteiger charge is 2.33. The zero-order chi connectivity index (χ0) is 28.1. The summed E-state index contributed by atoms with van der Waals surface area (Å²) in [5.41, 5.74) is -1.34. The minimum absolute atomic E-state index is 0.00889. The second-order valence-corrected chi connectivity index (χ2v) is 10.3. The molecule has 2 N–H and O–H groups in total. The number of piperidine rings is 1. The average Bonchev–Trinajstić information content (AvgIpc) is 3.37. The topological polar surface area (TPSA) is 159 Å². The van der Waals surface area contributed by atoms with Gasteiger partial charge in [0, 0.05) is 12.0 Å². The van der Waals surface area contributed by atoms with Crippen molar-refractivity contribution in [3.05, 3.63) is 70.3 Å². The fraction of sp³-hybridized carbons (Fsp3) is 0.208. The summed E-state index contributed by atoms with van der Waals surface area (Å²) in [5.74, 6) is -0.956. The lowest BCUT2D eigenvalue weighted by Crippen LogP contribution is -2.45. The molecule has 0 bridgehead atoms. The number of imide groups is 1. The fourth-order valence-electron chi connectivity index (χ4n) is 4.25. The van der Waals surface area contributed by atoms with Gasteiger partial charge in [0.05, 0.1) is 17.0 Å². The van der Waals surface area contributed by atoms with Crippen LogP contribution < -0.4 is 15.6 Å². The molecule has 39 heavy (non-hydrogen) atoms. The third-order valence-electron chi connectivity index (χ3n) is 6.13. The van der Waals surface area contributed by atoms with Crippen molar-refractivity contribution < 1.29 is 36.0 Å². The standard InChI is InChI=1S/C24H18F3N5O6S/c1-12-28-21-15(23(35)32(12)18-9-10-19(33)29-22(18)34)3-2-4-16(21)31-39(36,37)20-11-17(30-38-20)13-5-7-14(8-6-13)24(25,26)27/h2-8,11,18H,9-10H2,1H3,(H2-,29,31,33,34,36,37). The third-order valence-corrected chi connectivity index (χ3v) is 7.35. The number of carbonyl (C=O) groups is 2. The first-order valence-electron chi connectivity index (χ1n) is 11.4. The van der Waals surface area contributed by atoms with E-state index in [0.29, 0.717) is 0 Å². The van der Waals surface area contributed by atoms with Crippen LogP contribution in [0, 0.1) is 6.92 Å². The number of anilines is 1. The Labute approximate surface area is 218 Å². The van der Waals surface area contributed by atoms with E-state index in [4.69, 9.17) is 4.52 Å². The molecule has 2 amide bonds. The zero-order valence-electron chi connectivity index (χ0n) is 19.9. The van der Waals surface area contributed by atoms with Crippen LogP contribution in [-0.4, -0.2) is 31.1 Å². The van der Waals surface area contributed by atoms with Crippen molar-refractivity contribution in [2.45, 2.75) is 37.1 Å². The molecule has 4 aromatic rings. The van der Waals surface area contributed by atoms with E-state index in [1.54, 1.807) is 0 Å². The molecule has 1 fully saturated rings. The van der Waals surface area contributed by atoms with Crippen molar-refractivity contribution in [2.24, 2.45) is 0 Å². The Kier molecular flexibility index (Phi) is 6.34. The molecule has 11 nitrogen and oxygen atoms in total. The van der Waals surface area contributed by atoms with E-state index in [-0.39, 0.29) is 46.5 Å². The van der Waals surface area contributed by atoms with E-state index >= 15 is 0 Å². The maximum Gasteiger partial charge on any atom is 0.416 e. The number of nitrogens with one attached hydrogen (secondary N) is 2. The summed E-state index contributed by atoms with van der Waals surface area (Å²) in [4.78, 5) is 41.5. The summed E-state index contributed by atoms with van der Waals surface area (Å²) in [7, 11) is -4.40. The van der Waals surface area contributed by atoms with Crippen molar-refractivity contribution in [1.82, 2.24) is 20.0 Å². The van der Waals surface area contributed by atoms with Gasteiger partial charge in [-0.2, -0.15) is 17.9 Å². The number of alkyl halides is 3. The van der Waals surface area contributed by atoms with Crippen LogP contribution in [0.5, 0.6) is 0 Å². The molecule has 1 saturated heterocycles. The van der Waals surface area contributed by atoms with Crippen LogP contribution >= 0.6 is 0 Å². The van der Waals surface area contributed by atoms with Gasteiger partial charge in [-0.15, -0.1) is 0 Å². The molecule has 2 aromatic heterocycles. The molecular formula is C24H18F3N5O6S. The second kappa shape index (κ2) is 9.43. The third kappa shape index (κ3) is 4.93. The number of benzene rings is 2. The second-order valence-electron chi connectivity index (χ2n) is 8.71. The van der Waals surface area contributed by atoms with Gasteiger partial charge in [-0.25, -0.2) is 4.98 Å². The van der Waals surface area contributed by atoms with Crippen LogP contribution in [0.1, 0.15) is 30.3 Å². The van der Waals surface area contributed by atoms with Gasteiger partial charge in [-0.1, -0.05) is 27.6 Å².